The van der Waals surface area contributed by atoms with Crippen LogP contribution in [0.1, 0.15) is 22.3 Å². The molecule has 1 aliphatic carbocycles. The van der Waals surface area contributed by atoms with Crippen LogP contribution in [0.4, 0.5) is 0 Å². The summed E-state index contributed by atoms with van der Waals surface area (Å²) in [5, 5.41) is 0. The van der Waals surface area contributed by atoms with E-state index in [0.29, 0.717) is 5.56 Å². The van der Waals surface area contributed by atoms with Gasteiger partial charge in [-0.15, -0.1) is 0 Å². The number of Topliss-reactive ketones (excluding diaryl/α,β-unsaturated/α-hetero) is 1. The van der Waals surface area contributed by atoms with Gasteiger partial charge in [-0.2, -0.15) is 0 Å². The fourth-order valence-electron chi connectivity index (χ4n) is 2.37. The van der Waals surface area contributed by atoms with Crippen LogP contribution in [0.3, 0.4) is 0 Å². The van der Waals surface area contributed by atoms with Crippen LogP contribution in [0.25, 0.3) is 5.70 Å². The number of hydrogen-bond acceptors (Lipinski definition) is 4. The maximum Gasteiger partial charge on any atom is 0.233 e. The van der Waals surface area contributed by atoms with Crippen molar-refractivity contribution in [1.82, 2.24) is 9.80 Å². The van der Waals surface area contributed by atoms with Crippen LogP contribution < -0.4 is 0 Å². The van der Waals surface area contributed by atoms with Gasteiger partial charge < -0.3 is 9.80 Å². The van der Waals surface area contributed by atoms with E-state index in [2.05, 4.69) is 4.90 Å². The highest BCUT2D eigenvalue weighted by molar-refractivity contribution is 6.50. The fourth-order valence-corrected chi connectivity index (χ4v) is 2.37. The smallest absolute Gasteiger partial charge is 0.233 e. The monoisotopic (exact) mass is 272 g/mol. The zero-order chi connectivity index (χ0) is 14.7. The number of rotatable bonds is 5. The molecule has 20 heavy (non-hydrogen) atoms. The standard InChI is InChI=1S/C16H20N2O2/c1-17(2)9-6-10-18(3)14-11-15(19)16(20)13-8-5-4-7-12(13)14/h4-5,7-8,11H,6,9-10H2,1-3H3. The Labute approximate surface area is 119 Å². The first kappa shape index (κ1) is 14.5. The van der Waals surface area contributed by atoms with Gasteiger partial charge in [-0.05, 0) is 27.1 Å². The number of fused-ring (bicyclic) bond motifs is 1. The molecule has 0 aromatic heterocycles. The van der Waals surface area contributed by atoms with Crippen molar-refractivity contribution in [2.45, 2.75) is 6.42 Å². The van der Waals surface area contributed by atoms with Gasteiger partial charge in [0.1, 0.15) is 0 Å². The van der Waals surface area contributed by atoms with Crippen molar-refractivity contribution in [3.8, 4) is 0 Å². The molecule has 0 heterocycles. The first-order valence-electron chi connectivity index (χ1n) is 6.76. The van der Waals surface area contributed by atoms with Crippen LogP contribution in [0.5, 0.6) is 0 Å². The van der Waals surface area contributed by atoms with Gasteiger partial charge in [0.05, 0.1) is 0 Å². The van der Waals surface area contributed by atoms with Crippen molar-refractivity contribution < 1.29 is 9.59 Å². The Morgan fingerprint density at radius 3 is 2.25 bits per heavy atom. The van der Waals surface area contributed by atoms with Gasteiger partial charge >= 0.3 is 0 Å². The molecule has 0 N–H and O–H groups in total. The topological polar surface area (TPSA) is 40.6 Å². The summed E-state index contributed by atoms with van der Waals surface area (Å²) in [5.74, 6) is -0.843. The Hall–Kier alpha value is -1.94. The zero-order valence-electron chi connectivity index (χ0n) is 12.2. The van der Waals surface area contributed by atoms with E-state index in [4.69, 9.17) is 0 Å². The lowest BCUT2D eigenvalue weighted by molar-refractivity contribution is -0.111. The quantitative estimate of drug-likeness (QED) is 0.765. The molecule has 1 aliphatic rings. The van der Waals surface area contributed by atoms with E-state index in [-0.39, 0.29) is 0 Å². The van der Waals surface area contributed by atoms with Crippen LogP contribution in [-0.2, 0) is 4.79 Å². The lowest BCUT2D eigenvalue weighted by Crippen LogP contribution is -2.28. The number of ketones is 2. The van der Waals surface area contributed by atoms with Gasteiger partial charge in [-0.1, -0.05) is 24.3 Å². The number of nitrogens with zero attached hydrogens (tertiary/aromatic N) is 2. The minimum absolute atomic E-state index is 0.411. The summed E-state index contributed by atoms with van der Waals surface area (Å²) < 4.78 is 0. The second kappa shape index (κ2) is 6.01. The maximum absolute atomic E-state index is 11.9. The number of hydrogen-bond donors (Lipinski definition) is 0. The van der Waals surface area contributed by atoms with Gasteiger partial charge in [0.15, 0.2) is 0 Å². The van der Waals surface area contributed by atoms with Gasteiger partial charge in [-0.3, -0.25) is 9.59 Å². The predicted octanol–water partition coefficient (Wildman–Crippen LogP) is 1.68. The van der Waals surface area contributed by atoms with E-state index in [1.807, 2.05) is 38.2 Å². The largest absolute Gasteiger partial charge is 0.374 e. The molecule has 0 unspecified atom stereocenters. The van der Waals surface area contributed by atoms with Crippen LogP contribution in [-0.4, -0.2) is 55.6 Å². The Morgan fingerprint density at radius 1 is 0.950 bits per heavy atom. The Bertz CT molecular complexity index is 561. The Morgan fingerprint density at radius 2 is 1.60 bits per heavy atom. The summed E-state index contributed by atoms with van der Waals surface area (Å²) >= 11 is 0. The first-order chi connectivity index (χ1) is 9.50. The molecule has 0 amide bonds. The lowest BCUT2D eigenvalue weighted by Gasteiger charge is -2.26. The summed E-state index contributed by atoms with van der Waals surface area (Å²) in [5.41, 5.74) is 2.20. The van der Waals surface area contributed by atoms with Crippen LogP contribution in [0.15, 0.2) is 30.3 Å². The third-order valence-electron chi connectivity index (χ3n) is 3.45. The first-order valence-corrected chi connectivity index (χ1v) is 6.76. The molecule has 4 nitrogen and oxygen atoms in total. The lowest BCUT2D eigenvalue weighted by atomic mass is 9.92. The molecule has 4 heteroatoms. The molecule has 0 atom stereocenters. The average molecular weight is 272 g/mol. The number of carbonyl (C=O) groups excluding carboxylic acids is 2. The second-order valence-corrected chi connectivity index (χ2v) is 5.35. The average Bonchev–Trinajstić information content (AvgIpc) is 2.42. The molecular weight excluding hydrogens is 252 g/mol. The molecule has 1 aromatic carbocycles. The normalized spacial score (nSPS) is 14.3. The minimum Gasteiger partial charge on any atom is -0.374 e. The molecule has 0 bridgehead atoms. The maximum atomic E-state index is 11.9. The van der Waals surface area contributed by atoms with Gasteiger partial charge in [0.25, 0.3) is 0 Å². The van der Waals surface area contributed by atoms with Crippen molar-refractivity contribution in [1.29, 1.82) is 0 Å². The van der Waals surface area contributed by atoms with E-state index >= 15 is 0 Å². The Balaban J connectivity index is 2.20. The van der Waals surface area contributed by atoms with Gasteiger partial charge in [0.2, 0.25) is 11.6 Å². The van der Waals surface area contributed by atoms with Crippen LogP contribution in [0.2, 0.25) is 0 Å². The molecule has 0 fully saturated rings. The van der Waals surface area contributed by atoms with E-state index in [9.17, 15) is 9.59 Å². The minimum atomic E-state index is -0.432. The number of benzene rings is 1. The van der Waals surface area contributed by atoms with E-state index in [1.54, 1.807) is 12.1 Å². The van der Waals surface area contributed by atoms with Crippen molar-refractivity contribution in [3.63, 3.8) is 0 Å². The molecule has 0 aliphatic heterocycles. The highest BCUT2D eigenvalue weighted by Crippen LogP contribution is 2.26. The van der Waals surface area contributed by atoms with Crippen LogP contribution in [0, 0.1) is 0 Å². The molecule has 0 radical (unpaired) electrons. The van der Waals surface area contributed by atoms with Crippen molar-refractivity contribution in [2.24, 2.45) is 0 Å². The van der Waals surface area contributed by atoms with E-state index < -0.39 is 11.6 Å². The summed E-state index contributed by atoms with van der Waals surface area (Å²) in [6.07, 6.45) is 2.46. The van der Waals surface area contributed by atoms with Crippen LogP contribution >= 0.6 is 0 Å². The third-order valence-corrected chi connectivity index (χ3v) is 3.45. The summed E-state index contributed by atoms with van der Waals surface area (Å²) in [7, 11) is 6.04. The highest BCUT2D eigenvalue weighted by atomic mass is 16.2. The number of carbonyl (C=O) groups is 2. The predicted molar refractivity (Wildman–Crippen MR) is 79.6 cm³/mol. The molecular formula is C16H20N2O2. The number of allylic oxidation sites excluding steroid dienone is 1. The summed E-state index contributed by atoms with van der Waals surface area (Å²) in [4.78, 5) is 27.8. The van der Waals surface area contributed by atoms with Gasteiger partial charge in [-0.25, -0.2) is 0 Å². The molecule has 0 spiro atoms. The molecule has 1 aromatic rings. The molecule has 0 saturated carbocycles. The molecule has 0 saturated heterocycles. The highest BCUT2D eigenvalue weighted by Gasteiger charge is 2.26. The zero-order valence-corrected chi connectivity index (χ0v) is 12.2. The van der Waals surface area contributed by atoms with Crippen molar-refractivity contribution in [3.05, 3.63) is 41.5 Å². The summed E-state index contributed by atoms with van der Waals surface area (Å²) in [6.45, 7) is 1.84. The SMILES string of the molecule is CN(C)CCCN(C)C1=CC(=O)C(=O)c2ccccc21. The van der Waals surface area contributed by atoms with Crippen molar-refractivity contribution >= 4 is 17.3 Å². The van der Waals surface area contributed by atoms with Gasteiger partial charge in [0, 0.05) is 36.5 Å². The Kier molecular flexibility index (Phi) is 4.35. The van der Waals surface area contributed by atoms with E-state index in [1.165, 1.54) is 6.08 Å². The van der Waals surface area contributed by atoms with E-state index in [0.717, 1.165) is 30.8 Å². The fraction of sp³-hybridized carbons (Fsp3) is 0.375. The second-order valence-electron chi connectivity index (χ2n) is 5.35. The summed E-state index contributed by atoms with van der Waals surface area (Å²) in [6, 6.07) is 7.30. The molecule has 2 rings (SSSR count). The molecule has 106 valence electrons. The van der Waals surface area contributed by atoms with Crippen molar-refractivity contribution in [2.75, 3.05) is 34.2 Å². The third kappa shape index (κ3) is 2.96.